The van der Waals surface area contributed by atoms with Crippen molar-refractivity contribution in [1.29, 1.82) is 0 Å². The van der Waals surface area contributed by atoms with Crippen molar-refractivity contribution in [1.82, 2.24) is 9.97 Å². The fraction of sp³-hybridized carbons (Fsp3) is 0.238. The van der Waals surface area contributed by atoms with E-state index in [9.17, 15) is 5.11 Å². The van der Waals surface area contributed by atoms with E-state index in [0.717, 1.165) is 34.1 Å². The van der Waals surface area contributed by atoms with Gasteiger partial charge in [0.2, 0.25) is 0 Å². The van der Waals surface area contributed by atoms with Crippen LogP contribution in [0, 0.1) is 0 Å². The average molecular weight is 365 g/mol. The monoisotopic (exact) mass is 365 g/mol. The molecule has 0 saturated carbocycles. The van der Waals surface area contributed by atoms with E-state index in [2.05, 4.69) is 15.3 Å². The lowest BCUT2D eigenvalue weighted by Crippen LogP contribution is -2.00. The smallest absolute Gasteiger partial charge is 0.162 e. The number of rotatable bonds is 4. The van der Waals surface area contributed by atoms with E-state index in [0.29, 0.717) is 17.3 Å². The Morgan fingerprint density at radius 1 is 1.04 bits per heavy atom. The number of aromatic hydroxyl groups is 1. The maximum Gasteiger partial charge on any atom is 0.162 e. The molecular formula is C21H23N3O3. The van der Waals surface area contributed by atoms with Crippen molar-refractivity contribution in [2.75, 3.05) is 19.5 Å². The van der Waals surface area contributed by atoms with Crippen LogP contribution >= 0.6 is 0 Å². The summed E-state index contributed by atoms with van der Waals surface area (Å²) in [6.07, 6.45) is 6.24. The Balaban J connectivity index is 0.00000102. The molecule has 2 N–H and O–H groups in total. The Morgan fingerprint density at radius 2 is 1.78 bits per heavy atom. The number of allylic oxidation sites excluding steroid dienone is 1. The Bertz CT molecular complexity index is 1000. The lowest BCUT2D eigenvalue weighted by atomic mass is 10.1. The summed E-state index contributed by atoms with van der Waals surface area (Å²) < 4.78 is 10.7. The predicted molar refractivity (Wildman–Crippen MR) is 108 cm³/mol. The van der Waals surface area contributed by atoms with Crippen molar-refractivity contribution in [3.05, 3.63) is 47.8 Å². The molecule has 0 radical (unpaired) electrons. The summed E-state index contributed by atoms with van der Waals surface area (Å²) in [6.45, 7) is 4.00. The van der Waals surface area contributed by atoms with Gasteiger partial charge in [-0.25, -0.2) is 9.97 Å². The van der Waals surface area contributed by atoms with Crippen LogP contribution in [0.2, 0.25) is 0 Å². The summed E-state index contributed by atoms with van der Waals surface area (Å²) in [5.74, 6) is 2.19. The van der Waals surface area contributed by atoms with Gasteiger partial charge in [-0.3, -0.25) is 0 Å². The molecule has 1 aliphatic carbocycles. The van der Waals surface area contributed by atoms with Crippen molar-refractivity contribution in [3.63, 3.8) is 0 Å². The molecule has 4 rings (SSSR count). The number of nitrogens with zero attached hydrogens (tertiary/aromatic N) is 2. The van der Waals surface area contributed by atoms with Crippen molar-refractivity contribution in [3.8, 4) is 17.2 Å². The van der Waals surface area contributed by atoms with E-state index in [1.807, 2.05) is 44.2 Å². The number of nitrogens with one attached hydrogen (secondary N) is 1. The summed E-state index contributed by atoms with van der Waals surface area (Å²) in [7, 11) is 3.19. The van der Waals surface area contributed by atoms with Gasteiger partial charge in [0.05, 0.1) is 19.7 Å². The lowest BCUT2D eigenvalue weighted by Gasteiger charge is -2.14. The zero-order chi connectivity index (χ0) is 19.4. The zero-order valence-electron chi connectivity index (χ0n) is 15.9. The van der Waals surface area contributed by atoms with Crippen LogP contribution in [0.15, 0.2) is 36.7 Å². The second kappa shape index (κ2) is 7.95. The minimum absolute atomic E-state index is 0.285. The first-order valence-corrected chi connectivity index (χ1v) is 8.86. The summed E-state index contributed by atoms with van der Waals surface area (Å²) >= 11 is 0. The quantitative estimate of drug-likeness (QED) is 0.653. The molecule has 3 aromatic rings. The normalized spacial score (nSPS) is 11.6. The van der Waals surface area contributed by atoms with Crippen molar-refractivity contribution >= 4 is 28.5 Å². The number of fused-ring (bicyclic) bond motifs is 2. The van der Waals surface area contributed by atoms with Gasteiger partial charge in [-0.15, -0.1) is 0 Å². The van der Waals surface area contributed by atoms with Crippen LogP contribution in [0.25, 0.3) is 17.0 Å². The molecule has 0 fully saturated rings. The van der Waals surface area contributed by atoms with Gasteiger partial charge < -0.3 is 19.9 Å². The van der Waals surface area contributed by atoms with E-state index in [4.69, 9.17) is 9.47 Å². The number of hydrogen-bond donors (Lipinski definition) is 2. The first-order valence-electron chi connectivity index (χ1n) is 8.86. The van der Waals surface area contributed by atoms with Gasteiger partial charge in [0.25, 0.3) is 0 Å². The SMILES string of the molecule is CC.COc1cc2ncnc(Nc3ccc(O)c4c3CC=C4)c2cc1OC. The molecule has 1 heterocycles. The van der Waals surface area contributed by atoms with Gasteiger partial charge in [-0.2, -0.15) is 0 Å². The molecule has 1 aliphatic rings. The molecule has 6 nitrogen and oxygen atoms in total. The summed E-state index contributed by atoms with van der Waals surface area (Å²) in [5.41, 5.74) is 3.56. The molecule has 6 heteroatoms. The van der Waals surface area contributed by atoms with E-state index < -0.39 is 0 Å². The Labute approximate surface area is 158 Å². The van der Waals surface area contributed by atoms with E-state index >= 15 is 0 Å². The zero-order valence-corrected chi connectivity index (χ0v) is 15.9. The minimum atomic E-state index is 0.285. The molecule has 0 aliphatic heterocycles. The summed E-state index contributed by atoms with van der Waals surface area (Å²) in [4.78, 5) is 8.69. The van der Waals surface area contributed by atoms with Crippen LogP contribution in [0.3, 0.4) is 0 Å². The number of aromatic nitrogens is 2. The second-order valence-electron chi connectivity index (χ2n) is 5.70. The maximum atomic E-state index is 9.98. The van der Waals surface area contributed by atoms with Crippen LogP contribution < -0.4 is 14.8 Å². The van der Waals surface area contributed by atoms with Crippen LogP contribution in [0.5, 0.6) is 17.2 Å². The van der Waals surface area contributed by atoms with Gasteiger partial charge in [0, 0.05) is 22.7 Å². The molecular weight excluding hydrogens is 342 g/mol. The largest absolute Gasteiger partial charge is 0.507 e. The number of ether oxygens (including phenoxy) is 2. The molecule has 0 unspecified atom stereocenters. The number of methoxy groups -OCH3 is 2. The Kier molecular flexibility index (Phi) is 5.45. The molecule has 0 spiro atoms. The minimum Gasteiger partial charge on any atom is -0.507 e. The highest BCUT2D eigenvalue weighted by molar-refractivity contribution is 5.93. The van der Waals surface area contributed by atoms with Crippen molar-refractivity contribution < 1.29 is 14.6 Å². The fourth-order valence-electron chi connectivity index (χ4n) is 3.08. The Morgan fingerprint density at radius 3 is 2.52 bits per heavy atom. The highest BCUT2D eigenvalue weighted by Gasteiger charge is 2.16. The van der Waals surface area contributed by atoms with Crippen LogP contribution in [-0.4, -0.2) is 29.3 Å². The van der Waals surface area contributed by atoms with Crippen molar-refractivity contribution in [2.24, 2.45) is 0 Å². The topological polar surface area (TPSA) is 76.5 Å². The van der Waals surface area contributed by atoms with E-state index in [1.54, 1.807) is 20.3 Å². The highest BCUT2D eigenvalue weighted by Crippen LogP contribution is 2.37. The predicted octanol–water partition coefficient (Wildman–Crippen LogP) is 4.69. The summed E-state index contributed by atoms with van der Waals surface area (Å²) in [6, 6.07) is 7.22. The third-order valence-electron chi connectivity index (χ3n) is 4.33. The first kappa shape index (κ1) is 18.5. The molecule has 1 aromatic heterocycles. The average Bonchev–Trinajstić information content (AvgIpc) is 3.22. The van der Waals surface area contributed by atoms with Gasteiger partial charge >= 0.3 is 0 Å². The van der Waals surface area contributed by atoms with Crippen LogP contribution in [0.1, 0.15) is 25.0 Å². The number of phenolic OH excluding ortho intramolecular Hbond substituents is 1. The third kappa shape index (κ3) is 3.38. The van der Waals surface area contributed by atoms with Gasteiger partial charge in [0.15, 0.2) is 11.5 Å². The third-order valence-corrected chi connectivity index (χ3v) is 4.33. The molecule has 0 saturated heterocycles. The number of anilines is 2. The lowest BCUT2D eigenvalue weighted by molar-refractivity contribution is 0.356. The Hall–Kier alpha value is -3.28. The number of hydrogen-bond acceptors (Lipinski definition) is 6. The van der Waals surface area contributed by atoms with E-state index in [1.165, 1.54) is 6.33 Å². The van der Waals surface area contributed by atoms with Gasteiger partial charge in [-0.05, 0) is 30.2 Å². The first-order chi connectivity index (χ1) is 13.2. The second-order valence-corrected chi connectivity index (χ2v) is 5.70. The molecule has 2 aromatic carbocycles. The number of benzene rings is 2. The molecule has 0 amide bonds. The van der Waals surface area contributed by atoms with Gasteiger partial charge in [-0.1, -0.05) is 26.0 Å². The van der Waals surface area contributed by atoms with Crippen LogP contribution in [-0.2, 0) is 6.42 Å². The molecule has 0 bridgehead atoms. The van der Waals surface area contributed by atoms with Crippen LogP contribution in [0.4, 0.5) is 11.5 Å². The van der Waals surface area contributed by atoms with E-state index in [-0.39, 0.29) is 5.75 Å². The summed E-state index contributed by atoms with van der Waals surface area (Å²) in [5, 5.41) is 14.2. The van der Waals surface area contributed by atoms with Gasteiger partial charge in [0.1, 0.15) is 17.9 Å². The maximum absolute atomic E-state index is 9.98. The molecule has 140 valence electrons. The molecule has 0 atom stereocenters. The van der Waals surface area contributed by atoms with Crippen molar-refractivity contribution in [2.45, 2.75) is 20.3 Å². The fourth-order valence-corrected chi connectivity index (χ4v) is 3.08. The number of phenols is 1. The highest BCUT2D eigenvalue weighted by atomic mass is 16.5. The standard InChI is InChI=1S/C19H17N3O3.C2H6/c1-24-17-8-13-15(9-18(17)25-2)20-10-21-19(13)22-14-6-7-16(23)12-5-3-4-11(12)14;1-2/h3,5-10,23H,4H2,1-2H3,(H,20,21,22);1-2H3. The molecule has 27 heavy (non-hydrogen) atoms.